The van der Waals surface area contributed by atoms with Crippen LogP contribution in [0.3, 0.4) is 0 Å². The largest absolute Gasteiger partial charge is 0.357 e. The molecule has 0 bridgehead atoms. The van der Waals surface area contributed by atoms with Crippen LogP contribution < -0.4 is 5.32 Å². The number of halogens is 1. The average Bonchev–Trinajstić information content (AvgIpc) is 3.18. The molecule has 0 radical (unpaired) electrons. The highest BCUT2D eigenvalue weighted by Gasteiger charge is 2.24. The first-order valence-electron chi connectivity index (χ1n) is 9.84. The lowest BCUT2D eigenvalue weighted by molar-refractivity contribution is 0.381. The molecule has 28 heavy (non-hydrogen) atoms. The SMILES string of the molecule is CCNC(=NCc1cccc(Cn2ccnc2)c1)N1CCSC(C(C)C)C1.I. The van der Waals surface area contributed by atoms with E-state index in [9.17, 15) is 0 Å². The molecule has 3 rings (SSSR count). The van der Waals surface area contributed by atoms with Crippen LogP contribution in [0.2, 0.25) is 0 Å². The Morgan fingerprint density at radius 2 is 2.18 bits per heavy atom. The fraction of sp³-hybridized carbons (Fsp3) is 0.524. The number of rotatable bonds is 6. The lowest BCUT2D eigenvalue weighted by Gasteiger charge is -2.36. The van der Waals surface area contributed by atoms with Crippen molar-refractivity contribution in [2.75, 3.05) is 25.4 Å². The Balaban J connectivity index is 0.00000280. The third kappa shape index (κ3) is 6.69. The van der Waals surface area contributed by atoms with Gasteiger partial charge in [-0.15, -0.1) is 24.0 Å². The molecule has 2 aromatic rings. The van der Waals surface area contributed by atoms with Gasteiger partial charge in [0.1, 0.15) is 0 Å². The van der Waals surface area contributed by atoms with E-state index in [1.54, 1.807) is 0 Å². The first kappa shape index (κ1) is 23.1. The second-order valence-corrected chi connectivity index (χ2v) is 8.67. The van der Waals surface area contributed by atoms with E-state index in [0.29, 0.717) is 17.7 Å². The molecule has 1 aliphatic heterocycles. The van der Waals surface area contributed by atoms with Crippen LogP contribution in [0.4, 0.5) is 0 Å². The smallest absolute Gasteiger partial charge is 0.194 e. The zero-order valence-corrected chi connectivity index (χ0v) is 20.2. The first-order chi connectivity index (χ1) is 13.2. The topological polar surface area (TPSA) is 45.5 Å². The van der Waals surface area contributed by atoms with Gasteiger partial charge in [-0.1, -0.05) is 38.1 Å². The van der Waals surface area contributed by atoms with E-state index in [1.165, 1.54) is 16.9 Å². The van der Waals surface area contributed by atoms with Crippen molar-refractivity contribution < 1.29 is 0 Å². The Morgan fingerprint density at radius 1 is 1.36 bits per heavy atom. The summed E-state index contributed by atoms with van der Waals surface area (Å²) >= 11 is 2.10. The fourth-order valence-electron chi connectivity index (χ4n) is 3.28. The maximum atomic E-state index is 4.94. The second kappa shape index (κ2) is 11.7. The van der Waals surface area contributed by atoms with Crippen molar-refractivity contribution in [1.29, 1.82) is 0 Å². The number of imidazole rings is 1. The summed E-state index contributed by atoms with van der Waals surface area (Å²) < 4.78 is 2.09. The van der Waals surface area contributed by atoms with Gasteiger partial charge in [0.2, 0.25) is 0 Å². The molecule has 0 saturated carbocycles. The Morgan fingerprint density at radius 3 is 2.89 bits per heavy atom. The Bertz CT molecular complexity index is 732. The van der Waals surface area contributed by atoms with Crippen LogP contribution in [-0.4, -0.2) is 51.0 Å². The number of nitrogens with zero attached hydrogens (tertiary/aromatic N) is 4. The molecule has 1 fully saturated rings. The van der Waals surface area contributed by atoms with Crippen molar-refractivity contribution in [3.8, 4) is 0 Å². The average molecular weight is 513 g/mol. The van der Waals surface area contributed by atoms with Gasteiger partial charge in [-0.2, -0.15) is 11.8 Å². The third-order valence-electron chi connectivity index (χ3n) is 4.80. The summed E-state index contributed by atoms with van der Waals surface area (Å²) in [6, 6.07) is 8.69. The lowest BCUT2D eigenvalue weighted by Crippen LogP contribution is -2.49. The van der Waals surface area contributed by atoms with Crippen LogP contribution >= 0.6 is 35.7 Å². The number of nitrogens with one attached hydrogen (secondary N) is 1. The minimum atomic E-state index is 0. The van der Waals surface area contributed by atoms with Crippen LogP contribution in [0.1, 0.15) is 31.9 Å². The zero-order valence-electron chi connectivity index (χ0n) is 17.0. The van der Waals surface area contributed by atoms with Crippen molar-refractivity contribution in [3.63, 3.8) is 0 Å². The van der Waals surface area contributed by atoms with E-state index >= 15 is 0 Å². The predicted octanol–water partition coefficient (Wildman–Crippen LogP) is 4.09. The summed E-state index contributed by atoms with van der Waals surface area (Å²) in [7, 11) is 0. The van der Waals surface area contributed by atoms with Crippen LogP contribution in [0.15, 0.2) is 48.0 Å². The Kier molecular flexibility index (Phi) is 9.64. The van der Waals surface area contributed by atoms with E-state index in [2.05, 4.69) is 76.6 Å². The summed E-state index contributed by atoms with van der Waals surface area (Å²) in [4.78, 5) is 11.5. The van der Waals surface area contributed by atoms with E-state index in [-0.39, 0.29) is 24.0 Å². The number of guanidine groups is 1. The van der Waals surface area contributed by atoms with Gasteiger partial charge in [0, 0.05) is 49.6 Å². The minimum Gasteiger partial charge on any atom is -0.357 e. The molecule has 1 aromatic heterocycles. The minimum absolute atomic E-state index is 0. The molecular formula is C21H32IN5S. The van der Waals surface area contributed by atoms with E-state index < -0.39 is 0 Å². The highest BCUT2D eigenvalue weighted by atomic mass is 127. The number of hydrogen-bond donors (Lipinski definition) is 1. The normalized spacial score (nSPS) is 17.5. The molecule has 5 nitrogen and oxygen atoms in total. The monoisotopic (exact) mass is 513 g/mol. The van der Waals surface area contributed by atoms with Crippen molar-refractivity contribution in [2.45, 2.75) is 39.1 Å². The predicted molar refractivity (Wildman–Crippen MR) is 131 cm³/mol. The van der Waals surface area contributed by atoms with Gasteiger partial charge in [-0.25, -0.2) is 9.98 Å². The number of aromatic nitrogens is 2. The third-order valence-corrected chi connectivity index (χ3v) is 6.34. The highest BCUT2D eigenvalue weighted by molar-refractivity contribution is 14.0. The molecule has 1 unspecified atom stereocenters. The maximum Gasteiger partial charge on any atom is 0.194 e. The number of hydrogen-bond acceptors (Lipinski definition) is 3. The second-order valence-electron chi connectivity index (χ2n) is 7.32. The number of aliphatic imine (C=N–C) groups is 1. The summed E-state index contributed by atoms with van der Waals surface area (Å²) in [6.45, 7) is 11.4. The van der Waals surface area contributed by atoms with Crippen LogP contribution in [-0.2, 0) is 13.1 Å². The van der Waals surface area contributed by atoms with Gasteiger partial charge >= 0.3 is 0 Å². The van der Waals surface area contributed by atoms with Gasteiger partial charge in [0.15, 0.2) is 5.96 Å². The summed E-state index contributed by atoms with van der Waals surface area (Å²) in [5, 5.41) is 4.17. The van der Waals surface area contributed by atoms with Crippen LogP contribution in [0.5, 0.6) is 0 Å². The molecule has 0 amide bonds. The van der Waals surface area contributed by atoms with Gasteiger partial charge in [-0.3, -0.25) is 0 Å². The Hall–Kier alpha value is -1.22. The molecular weight excluding hydrogens is 481 g/mol. The summed E-state index contributed by atoms with van der Waals surface area (Å²) in [6.07, 6.45) is 5.67. The Labute approximate surface area is 190 Å². The molecule has 1 saturated heterocycles. The lowest BCUT2D eigenvalue weighted by atomic mass is 10.1. The molecule has 0 aliphatic carbocycles. The molecule has 1 aromatic carbocycles. The molecule has 1 aliphatic rings. The standard InChI is InChI=1S/C21H31N5S.HI/c1-4-23-21(26-10-11-27-20(15-26)17(2)3)24-13-18-6-5-7-19(12-18)14-25-9-8-22-16-25;/h5-9,12,16-17,20H,4,10-11,13-15H2,1-3H3,(H,23,24);1H. The molecule has 1 N–H and O–H groups in total. The van der Waals surface area contributed by atoms with Crippen molar-refractivity contribution in [1.82, 2.24) is 19.8 Å². The fourth-order valence-corrected chi connectivity index (χ4v) is 4.58. The van der Waals surface area contributed by atoms with Crippen molar-refractivity contribution >= 4 is 41.7 Å². The summed E-state index contributed by atoms with van der Waals surface area (Å²) in [5.74, 6) is 2.91. The molecule has 154 valence electrons. The van der Waals surface area contributed by atoms with E-state index in [1.807, 2.05) is 18.7 Å². The number of thioether (sulfide) groups is 1. The first-order valence-corrected chi connectivity index (χ1v) is 10.9. The van der Waals surface area contributed by atoms with E-state index in [0.717, 1.165) is 32.1 Å². The molecule has 7 heteroatoms. The van der Waals surface area contributed by atoms with Crippen molar-refractivity contribution in [3.05, 3.63) is 54.1 Å². The highest BCUT2D eigenvalue weighted by Crippen LogP contribution is 2.25. The van der Waals surface area contributed by atoms with Gasteiger partial charge in [-0.05, 0) is 24.0 Å². The number of benzene rings is 1. The summed E-state index contributed by atoms with van der Waals surface area (Å²) in [5.41, 5.74) is 2.52. The van der Waals surface area contributed by atoms with Crippen LogP contribution in [0.25, 0.3) is 0 Å². The quantitative estimate of drug-likeness (QED) is 0.359. The van der Waals surface area contributed by atoms with Gasteiger partial charge < -0.3 is 14.8 Å². The molecule has 1 atom stereocenters. The van der Waals surface area contributed by atoms with Crippen molar-refractivity contribution in [2.24, 2.45) is 10.9 Å². The zero-order chi connectivity index (χ0) is 19.1. The maximum absolute atomic E-state index is 4.94. The van der Waals surface area contributed by atoms with Gasteiger partial charge in [0.05, 0.1) is 12.9 Å². The van der Waals surface area contributed by atoms with E-state index in [4.69, 9.17) is 4.99 Å². The van der Waals surface area contributed by atoms with Crippen LogP contribution in [0, 0.1) is 5.92 Å². The molecule has 0 spiro atoms. The molecule has 2 heterocycles. The van der Waals surface area contributed by atoms with Gasteiger partial charge in [0.25, 0.3) is 0 Å².